The van der Waals surface area contributed by atoms with Crippen LogP contribution in [0, 0.1) is 11.8 Å². The summed E-state index contributed by atoms with van der Waals surface area (Å²) in [5, 5.41) is 0. The van der Waals surface area contributed by atoms with Crippen LogP contribution in [0.25, 0.3) is 5.57 Å². The molecule has 0 fully saturated rings. The summed E-state index contributed by atoms with van der Waals surface area (Å²) in [6, 6.07) is 7.47. The van der Waals surface area contributed by atoms with Gasteiger partial charge in [0.2, 0.25) is 0 Å². The van der Waals surface area contributed by atoms with E-state index in [9.17, 15) is 4.79 Å². The first-order valence-corrected chi connectivity index (χ1v) is 9.06. The van der Waals surface area contributed by atoms with Crippen molar-refractivity contribution in [2.45, 2.75) is 46.5 Å². The minimum Gasteiger partial charge on any atom is -0.503 e. The highest BCUT2D eigenvalue weighted by Gasteiger charge is 2.18. The van der Waals surface area contributed by atoms with E-state index in [0.717, 1.165) is 12.3 Å². The molecule has 4 nitrogen and oxygen atoms in total. The lowest BCUT2D eigenvalue weighted by Gasteiger charge is -2.17. The monoisotopic (exact) mass is 348 g/mol. The second-order valence-electron chi connectivity index (χ2n) is 6.62. The van der Waals surface area contributed by atoms with Crippen LogP contribution in [-0.2, 0) is 14.3 Å². The zero-order valence-electron chi connectivity index (χ0n) is 16.2. The quantitative estimate of drug-likeness (QED) is 0.318. The van der Waals surface area contributed by atoms with E-state index < -0.39 is 5.97 Å². The Labute approximate surface area is 152 Å². The third-order valence-corrected chi connectivity index (χ3v) is 4.43. The maximum Gasteiger partial charge on any atom is 0.341 e. The molecule has 0 N–H and O–H groups in total. The Kier molecular flexibility index (Phi) is 9.75. The van der Waals surface area contributed by atoms with Gasteiger partial charge in [0, 0.05) is 5.56 Å². The van der Waals surface area contributed by atoms with Gasteiger partial charge in [0.05, 0.1) is 27.1 Å². The Bertz CT molecular complexity index is 551. The zero-order valence-corrected chi connectivity index (χ0v) is 16.2. The lowest BCUT2D eigenvalue weighted by atomic mass is 9.97. The van der Waals surface area contributed by atoms with Crippen LogP contribution in [0.1, 0.15) is 52.0 Å². The van der Waals surface area contributed by atoms with Gasteiger partial charge in [-0.05, 0) is 24.3 Å². The molecule has 0 aliphatic rings. The summed E-state index contributed by atoms with van der Waals surface area (Å²) >= 11 is 0. The number of carbonyl (C=O) groups is 1. The highest BCUT2D eigenvalue weighted by molar-refractivity contribution is 6.16. The smallest absolute Gasteiger partial charge is 0.341 e. The first kappa shape index (κ1) is 21.1. The predicted octanol–water partition coefficient (Wildman–Crippen LogP) is 5.08. The Morgan fingerprint density at radius 2 is 1.80 bits per heavy atom. The number of esters is 1. The number of rotatable bonds is 11. The summed E-state index contributed by atoms with van der Waals surface area (Å²) in [6.45, 7) is 7.36. The van der Waals surface area contributed by atoms with E-state index in [4.69, 9.17) is 14.2 Å². The Balaban J connectivity index is 2.70. The van der Waals surface area contributed by atoms with E-state index in [1.165, 1.54) is 39.7 Å². The molecule has 0 saturated carbocycles. The molecule has 0 amide bonds. The molecular weight excluding hydrogens is 316 g/mol. The van der Waals surface area contributed by atoms with E-state index >= 15 is 0 Å². The van der Waals surface area contributed by atoms with Gasteiger partial charge in [-0.2, -0.15) is 0 Å². The van der Waals surface area contributed by atoms with Crippen LogP contribution in [0.15, 0.2) is 30.5 Å². The zero-order chi connectivity index (χ0) is 18.7. The van der Waals surface area contributed by atoms with Crippen molar-refractivity contribution in [3.8, 4) is 5.75 Å². The lowest BCUT2D eigenvalue weighted by molar-refractivity contribution is -0.133. The van der Waals surface area contributed by atoms with Gasteiger partial charge in [0.25, 0.3) is 0 Å². The van der Waals surface area contributed by atoms with Crippen molar-refractivity contribution in [3.05, 3.63) is 36.1 Å². The minimum atomic E-state index is -0.445. The third-order valence-electron chi connectivity index (χ3n) is 4.43. The molecule has 0 saturated heterocycles. The summed E-state index contributed by atoms with van der Waals surface area (Å²) in [4.78, 5) is 12.0. The molecular formula is C21H32O4. The number of ether oxygens (including phenoxy) is 3. The average Bonchev–Trinajstić information content (AvgIpc) is 2.64. The van der Waals surface area contributed by atoms with E-state index in [2.05, 4.69) is 20.8 Å². The van der Waals surface area contributed by atoms with Gasteiger partial charge >= 0.3 is 5.97 Å². The molecule has 0 aromatic heterocycles. The van der Waals surface area contributed by atoms with E-state index in [-0.39, 0.29) is 0 Å². The number of methoxy groups -OCH3 is 2. The SMILES string of the molecule is CCC(C)CCCC(C)COc1ccccc1C(=COC)C(=O)OC. The number of benzene rings is 1. The maximum absolute atomic E-state index is 12.0. The van der Waals surface area contributed by atoms with Gasteiger partial charge in [-0.1, -0.05) is 58.2 Å². The molecule has 0 radical (unpaired) electrons. The van der Waals surface area contributed by atoms with E-state index in [1.807, 2.05) is 24.3 Å². The minimum absolute atomic E-state index is 0.352. The predicted molar refractivity (Wildman–Crippen MR) is 101 cm³/mol. The largest absolute Gasteiger partial charge is 0.503 e. The van der Waals surface area contributed by atoms with Gasteiger partial charge in [-0.25, -0.2) is 4.79 Å². The van der Waals surface area contributed by atoms with Gasteiger partial charge in [0.1, 0.15) is 11.3 Å². The molecule has 0 aliphatic carbocycles. The van der Waals surface area contributed by atoms with Crippen molar-refractivity contribution >= 4 is 11.5 Å². The topological polar surface area (TPSA) is 44.8 Å². The lowest BCUT2D eigenvalue weighted by Crippen LogP contribution is -2.11. The molecule has 1 aromatic rings. The van der Waals surface area contributed by atoms with E-state index in [1.54, 1.807) is 0 Å². The molecule has 0 bridgehead atoms. The van der Waals surface area contributed by atoms with Crippen LogP contribution < -0.4 is 4.74 Å². The molecule has 0 aliphatic heterocycles. The molecule has 25 heavy (non-hydrogen) atoms. The molecule has 2 unspecified atom stereocenters. The second-order valence-corrected chi connectivity index (χ2v) is 6.62. The van der Waals surface area contributed by atoms with Crippen molar-refractivity contribution in [2.24, 2.45) is 11.8 Å². The van der Waals surface area contributed by atoms with E-state index in [0.29, 0.717) is 29.4 Å². The summed E-state index contributed by atoms with van der Waals surface area (Å²) < 4.78 is 15.9. The fourth-order valence-electron chi connectivity index (χ4n) is 2.60. The van der Waals surface area contributed by atoms with Crippen molar-refractivity contribution < 1.29 is 19.0 Å². The normalized spacial score (nSPS) is 13.9. The number of hydrogen-bond acceptors (Lipinski definition) is 4. The van der Waals surface area contributed by atoms with Crippen LogP contribution >= 0.6 is 0 Å². The molecule has 1 rings (SSSR count). The fraction of sp³-hybridized carbons (Fsp3) is 0.571. The van der Waals surface area contributed by atoms with Crippen molar-refractivity contribution in [1.82, 2.24) is 0 Å². The number of carbonyl (C=O) groups excluding carboxylic acids is 1. The molecule has 140 valence electrons. The van der Waals surface area contributed by atoms with Crippen molar-refractivity contribution in [1.29, 1.82) is 0 Å². The van der Waals surface area contributed by atoms with Gasteiger partial charge < -0.3 is 14.2 Å². The first-order valence-electron chi connectivity index (χ1n) is 9.06. The highest BCUT2D eigenvalue weighted by Crippen LogP contribution is 2.28. The third kappa shape index (κ3) is 7.20. The Morgan fingerprint density at radius 3 is 2.44 bits per heavy atom. The average molecular weight is 348 g/mol. The van der Waals surface area contributed by atoms with Crippen LogP contribution in [0.2, 0.25) is 0 Å². The second kappa shape index (κ2) is 11.6. The number of hydrogen-bond donors (Lipinski definition) is 0. The van der Waals surface area contributed by atoms with Crippen molar-refractivity contribution in [3.63, 3.8) is 0 Å². The van der Waals surface area contributed by atoms with Crippen LogP contribution in [0.5, 0.6) is 5.75 Å². The molecule has 0 heterocycles. The molecule has 1 aromatic carbocycles. The fourth-order valence-corrected chi connectivity index (χ4v) is 2.60. The molecule has 4 heteroatoms. The summed E-state index contributed by atoms with van der Waals surface area (Å²) in [7, 11) is 2.86. The summed E-state index contributed by atoms with van der Waals surface area (Å²) in [6.07, 6.45) is 6.26. The molecule has 2 atom stereocenters. The highest BCUT2D eigenvalue weighted by atomic mass is 16.5. The van der Waals surface area contributed by atoms with Gasteiger partial charge in [0.15, 0.2) is 0 Å². The molecule has 0 spiro atoms. The standard InChI is InChI=1S/C21H32O4/c1-6-16(2)10-9-11-17(3)14-25-20-13-8-7-12-18(20)19(15-23-4)21(22)24-5/h7-8,12-13,15-17H,6,9-11,14H2,1-5H3. The van der Waals surface area contributed by atoms with Crippen LogP contribution in [0.4, 0.5) is 0 Å². The maximum atomic E-state index is 12.0. The summed E-state index contributed by atoms with van der Waals surface area (Å²) in [5.41, 5.74) is 1.04. The van der Waals surface area contributed by atoms with Crippen LogP contribution in [0.3, 0.4) is 0 Å². The first-order chi connectivity index (χ1) is 12.0. The van der Waals surface area contributed by atoms with Crippen LogP contribution in [-0.4, -0.2) is 26.8 Å². The van der Waals surface area contributed by atoms with Crippen molar-refractivity contribution in [2.75, 3.05) is 20.8 Å². The summed E-state index contributed by atoms with van der Waals surface area (Å²) in [5.74, 6) is 1.48. The van der Waals surface area contributed by atoms with Gasteiger partial charge in [-0.15, -0.1) is 0 Å². The Hall–Kier alpha value is -1.97. The van der Waals surface area contributed by atoms with Gasteiger partial charge in [-0.3, -0.25) is 0 Å². The Morgan fingerprint density at radius 1 is 1.12 bits per heavy atom. The number of para-hydroxylation sites is 1.